The predicted molar refractivity (Wildman–Crippen MR) is 119 cm³/mol. The second-order valence-corrected chi connectivity index (χ2v) is 7.09. The lowest BCUT2D eigenvalue weighted by Crippen LogP contribution is -2.12. The van der Waals surface area contributed by atoms with Crippen LogP contribution in [0.2, 0.25) is 5.02 Å². The number of benzene rings is 3. The molecule has 3 aromatic rings. The molecule has 0 aliphatic carbocycles. The molecule has 0 unspecified atom stereocenters. The first-order valence-corrected chi connectivity index (χ1v) is 10.0. The minimum absolute atomic E-state index is 0.301. The lowest BCUT2D eigenvalue weighted by Gasteiger charge is -2.14. The maximum atomic E-state index is 12.7. The standard InChI is InChI=1S/C24H24ClNO4/c1-4-13-29-23-20(25)14-17(15-22(23)28-3)24(27)26-18-9-11-19(12-10-18)30-21-8-6-5-7-16(21)2/h5-12,14-15H,4,13H2,1-3H3,(H,26,27). The van der Waals surface area contributed by atoms with Gasteiger partial charge in [0.25, 0.3) is 5.91 Å². The van der Waals surface area contributed by atoms with Gasteiger partial charge in [0.2, 0.25) is 0 Å². The molecule has 0 aliphatic rings. The highest BCUT2D eigenvalue weighted by atomic mass is 35.5. The van der Waals surface area contributed by atoms with Crippen LogP contribution < -0.4 is 19.5 Å². The minimum Gasteiger partial charge on any atom is -0.493 e. The highest BCUT2D eigenvalue weighted by Crippen LogP contribution is 2.36. The molecule has 0 bridgehead atoms. The van der Waals surface area contributed by atoms with Crippen molar-refractivity contribution in [1.82, 2.24) is 0 Å². The van der Waals surface area contributed by atoms with Gasteiger partial charge < -0.3 is 19.5 Å². The van der Waals surface area contributed by atoms with Gasteiger partial charge in [-0.3, -0.25) is 4.79 Å². The number of nitrogens with one attached hydrogen (secondary N) is 1. The summed E-state index contributed by atoms with van der Waals surface area (Å²) in [4.78, 5) is 12.7. The first-order chi connectivity index (χ1) is 14.5. The molecular weight excluding hydrogens is 402 g/mol. The highest BCUT2D eigenvalue weighted by Gasteiger charge is 2.16. The van der Waals surface area contributed by atoms with Crippen LogP contribution in [0.25, 0.3) is 0 Å². The predicted octanol–water partition coefficient (Wildman–Crippen LogP) is 6.49. The molecule has 3 aromatic carbocycles. The van der Waals surface area contributed by atoms with Crippen molar-refractivity contribution in [3.05, 3.63) is 76.8 Å². The first-order valence-electron chi connectivity index (χ1n) is 9.67. The number of para-hydroxylation sites is 1. The Labute approximate surface area is 181 Å². The van der Waals surface area contributed by atoms with Gasteiger partial charge >= 0.3 is 0 Å². The van der Waals surface area contributed by atoms with Crippen LogP contribution in [0.15, 0.2) is 60.7 Å². The molecule has 6 heteroatoms. The number of methoxy groups -OCH3 is 1. The molecule has 0 aromatic heterocycles. The van der Waals surface area contributed by atoms with E-state index in [0.29, 0.717) is 40.1 Å². The van der Waals surface area contributed by atoms with E-state index in [0.717, 1.165) is 17.7 Å². The normalized spacial score (nSPS) is 10.4. The molecule has 1 amide bonds. The maximum absolute atomic E-state index is 12.7. The van der Waals surface area contributed by atoms with E-state index in [1.54, 1.807) is 36.4 Å². The molecule has 0 atom stereocenters. The number of amides is 1. The summed E-state index contributed by atoms with van der Waals surface area (Å²) in [6.07, 6.45) is 0.839. The Bertz CT molecular complexity index is 1020. The molecule has 0 radical (unpaired) electrons. The fourth-order valence-electron chi connectivity index (χ4n) is 2.80. The van der Waals surface area contributed by atoms with E-state index in [2.05, 4.69) is 5.32 Å². The molecule has 0 saturated heterocycles. The van der Waals surface area contributed by atoms with Crippen LogP contribution in [0.3, 0.4) is 0 Å². The molecule has 156 valence electrons. The van der Waals surface area contributed by atoms with Gasteiger partial charge in [-0.15, -0.1) is 0 Å². The van der Waals surface area contributed by atoms with Crippen molar-refractivity contribution in [2.24, 2.45) is 0 Å². The summed E-state index contributed by atoms with van der Waals surface area (Å²) in [7, 11) is 1.51. The number of carbonyl (C=O) groups excluding carboxylic acids is 1. The molecule has 0 fully saturated rings. The molecule has 30 heavy (non-hydrogen) atoms. The van der Waals surface area contributed by atoms with E-state index in [1.165, 1.54) is 7.11 Å². The molecule has 0 spiro atoms. The molecule has 0 heterocycles. The fraction of sp³-hybridized carbons (Fsp3) is 0.208. The number of hydrogen-bond acceptors (Lipinski definition) is 4. The van der Waals surface area contributed by atoms with Crippen molar-refractivity contribution in [2.75, 3.05) is 19.0 Å². The second kappa shape index (κ2) is 10.0. The van der Waals surface area contributed by atoms with Gasteiger partial charge in [-0.25, -0.2) is 0 Å². The number of aryl methyl sites for hydroxylation is 1. The number of halogens is 1. The smallest absolute Gasteiger partial charge is 0.255 e. The van der Waals surface area contributed by atoms with Crippen LogP contribution in [-0.2, 0) is 0 Å². The summed E-state index contributed by atoms with van der Waals surface area (Å²) in [5.74, 6) is 2.04. The number of anilines is 1. The second-order valence-electron chi connectivity index (χ2n) is 6.68. The van der Waals surface area contributed by atoms with Crippen LogP contribution in [0.1, 0.15) is 29.3 Å². The van der Waals surface area contributed by atoms with Crippen molar-refractivity contribution in [1.29, 1.82) is 0 Å². The van der Waals surface area contributed by atoms with E-state index in [4.69, 9.17) is 25.8 Å². The average molecular weight is 426 g/mol. The maximum Gasteiger partial charge on any atom is 0.255 e. The average Bonchev–Trinajstić information content (AvgIpc) is 2.75. The third-order valence-electron chi connectivity index (χ3n) is 4.38. The van der Waals surface area contributed by atoms with Gasteiger partial charge in [-0.1, -0.05) is 36.7 Å². The zero-order chi connectivity index (χ0) is 21.5. The molecule has 5 nitrogen and oxygen atoms in total. The molecule has 1 N–H and O–H groups in total. The van der Waals surface area contributed by atoms with Crippen molar-refractivity contribution in [3.8, 4) is 23.0 Å². The van der Waals surface area contributed by atoms with Gasteiger partial charge in [-0.05, 0) is 61.4 Å². The van der Waals surface area contributed by atoms with Gasteiger partial charge in [0.15, 0.2) is 11.5 Å². The van der Waals surface area contributed by atoms with Gasteiger partial charge in [0.1, 0.15) is 11.5 Å². The van der Waals surface area contributed by atoms with Crippen molar-refractivity contribution < 1.29 is 19.0 Å². The van der Waals surface area contributed by atoms with Gasteiger partial charge in [-0.2, -0.15) is 0 Å². The summed E-state index contributed by atoms with van der Waals surface area (Å²) in [5.41, 5.74) is 2.06. The lowest BCUT2D eigenvalue weighted by molar-refractivity contribution is 0.102. The van der Waals surface area contributed by atoms with E-state index in [-0.39, 0.29) is 5.91 Å². The summed E-state index contributed by atoms with van der Waals surface area (Å²) >= 11 is 6.31. The monoisotopic (exact) mass is 425 g/mol. The molecule has 0 saturated carbocycles. The number of ether oxygens (including phenoxy) is 3. The minimum atomic E-state index is -0.301. The summed E-state index contributed by atoms with van der Waals surface area (Å²) in [6.45, 7) is 4.50. The number of rotatable bonds is 8. The molecule has 3 rings (SSSR count). The van der Waals surface area contributed by atoms with Gasteiger partial charge in [0, 0.05) is 11.3 Å². The quantitative estimate of drug-likeness (QED) is 0.448. The number of carbonyl (C=O) groups is 1. The number of hydrogen-bond donors (Lipinski definition) is 1. The Morgan fingerprint density at radius 3 is 2.43 bits per heavy atom. The topological polar surface area (TPSA) is 56.8 Å². The van der Waals surface area contributed by atoms with Crippen LogP contribution in [0, 0.1) is 6.92 Å². The van der Waals surface area contributed by atoms with E-state index < -0.39 is 0 Å². The van der Waals surface area contributed by atoms with E-state index in [9.17, 15) is 4.79 Å². The van der Waals surface area contributed by atoms with E-state index in [1.807, 2.05) is 38.1 Å². The SMILES string of the molecule is CCCOc1c(Cl)cc(C(=O)Nc2ccc(Oc3ccccc3C)cc2)cc1OC. The Morgan fingerprint density at radius 2 is 1.77 bits per heavy atom. The Morgan fingerprint density at radius 1 is 1.03 bits per heavy atom. The fourth-order valence-corrected chi connectivity index (χ4v) is 3.07. The Balaban J connectivity index is 1.71. The molecule has 0 aliphatic heterocycles. The van der Waals surface area contributed by atoms with Crippen molar-refractivity contribution >= 4 is 23.2 Å². The van der Waals surface area contributed by atoms with Crippen LogP contribution in [0.5, 0.6) is 23.0 Å². The first kappa shape index (κ1) is 21.5. The third kappa shape index (κ3) is 5.24. The summed E-state index contributed by atoms with van der Waals surface area (Å²) in [6, 6.07) is 18.1. The largest absolute Gasteiger partial charge is 0.493 e. The summed E-state index contributed by atoms with van der Waals surface area (Å²) < 4.78 is 16.9. The van der Waals surface area contributed by atoms with Crippen LogP contribution in [-0.4, -0.2) is 19.6 Å². The van der Waals surface area contributed by atoms with Crippen molar-refractivity contribution in [3.63, 3.8) is 0 Å². The van der Waals surface area contributed by atoms with Crippen LogP contribution >= 0.6 is 11.6 Å². The van der Waals surface area contributed by atoms with Gasteiger partial charge in [0.05, 0.1) is 18.7 Å². The third-order valence-corrected chi connectivity index (χ3v) is 4.66. The zero-order valence-corrected chi connectivity index (χ0v) is 18.0. The summed E-state index contributed by atoms with van der Waals surface area (Å²) in [5, 5.41) is 3.18. The highest BCUT2D eigenvalue weighted by molar-refractivity contribution is 6.32. The van der Waals surface area contributed by atoms with Crippen LogP contribution in [0.4, 0.5) is 5.69 Å². The zero-order valence-electron chi connectivity index (χ0n) is 17.2. The van der Waals surface area contributed by atoms with Crippen molar-refractivity contribution in [2.45, 2.75) is 20.3 Å². The van der Waals surface area contributed by atoms with E-state index >= 15 is 0 Å². The lowest BCUT2D eigenvalue weighted by atomic mass is 10.1. The Kier molecular flexibility index (Phi) is 7.20. The molecular formula is C24H24ClNO4. The Hall–Kier alpha value is -3.18.